The molecule has 1 saturated heterocycles. The minimum atomic E-state index is -0.380. The largest absolute Gasteiger partial charge is 0.377 e. The average molecular weight is 266 g/mol. The van der Waals surface area contributed by atoms with Crippen molar-refractivity contribution in [3.63, 3.8) is 0 Å². The standard InChI is InChI=1S/C14H19FN2O2/c15-12-4-1-3-11(7-12)8-17(10-14(16)18)9-13-5-2-6-19-13/h1,3-4,7,13H,2,5-6,8-10H2,(H2,16,18)/t13-/m0/s1. The molecule has 0 radical (unpaired) electrons. The Morgan fingerprint density at radius 1 is 1.53 bits per heavy atom. The summed E-state index contributed by atoms with van der Waals surface area (Å²) < 4.78 is 18.7. The topological polar surface area (TPSA) is 55.6 Å². The molecular weight excluding hydrogens is 247 g/mol. The molecular formula is C14H19FN2O2. The Balaban J connectivity index is 1.98. The summed E-state index contributed by atoms with van der Waals surface area (Å²) >= 11 is 0. The number of primary amides is 1. The highest BCUT2D eigenvalue weighted by atomic mass is 19.1. The fraction of sp³-hybridized carbons (Fsp3) is 0.500. The van der Waals surface area contributed by atoms with Crippen molar-refractivity contribution in [3.05, 3.63) is 35.6 Å². The molecule has 1 heterocycles. The van der Waals surface area contributed by atoms with Crippen LogP contribution in [0.5, 0.6) is 0 Å². The summed E-state index contributed by atoms with van der Waals surface area (Å²) in [6.45, 7) is 2.09. The van der Waals surface area contributed by atoms with E-state index in [9.17, 15) is 9.18 Å². The molecule has 1 aliphatic heterocycles. The van der Waals surface area contributed by atoms with Gasteiger partial charge in [0.2, 0.25) is 5.91 Å². The van der Waals surface area contributed by atoms with Gasteiger partial charge in [-0.05, 0) is 30.5 Å². The first kappa shape index (κ1) is 14.0. The van der Waals surface area contributed by atoms with Gasteiger partial charge in [0.1, 0.15) is 5.82 Å². The Labute approximate surface area is 112 Å². The molecule has 1 aromatic rings. The number of carbonyl (C=O) groups is 1. The third-order valence-corrected chi connectivity index (χ3v) is 3.16. The van der Waals surface area contributed by atoms with E-state index in [1.165, 1.54) is 12.1 Å². The van der Waals surface area contributed by atoms with Crippen molar-refractivity contribution in [1.29, 1.82) is 0 Å². The molecule has 104 valence electrons. The van der Waals surface area contributed by atoms with Gasteiger partial charge in [-0.15, -0.1) is 0 Å². The van der Waals surface area contributed by atoms with Crippen molar-refractivity contribution < 1.29 is 13.9 Å². The molecule has 1 atom stereocenters. The van der Waals surface area contributed by atoms with Gasteiger partial charge < -0.3 is 10.5 Å². The van der Waals surface area contributed by atoms with E-state index in [1.54, 1.807) is 6.07 Å². The Bertz CT molecular complexity index is 433. The number of hydrogen-bond acceptors (Lipinski definition) is 3. The van der Waals surface area contributed by atoms with Crippen molar-refractivity contribution in [1.82, 2.24) is 4.90 Å². The van der Waals surface area contributed by atoms with Crippen molar-refractivity contribution in [2.45, 2.75) is 25.5 Å². The second-order valence-corrected chi connectivity index (χ2v) is 4.90. The van der Waals surface area contributed by atoms with Crippen LogP contribution in [0.25, 0.3) is 0 Å². The SMILES string of the molecule is NC(=O)CN(Cc1cccc(F)c1)C[C@@H]1CCCO1. The zero-order valence-electron chi connectivity index (χ0n) is 10.8. The van der Waals surface area contributed by atoms with Crippen LogP contribution in [0.2, 0.25) is 0 Å². The van der Waals surface area contributed by atoms with Crippen LogP contribution in [-0.4, -0.2) is 36.6 Å². The Morgan fingerprint density at radius 3 is 3.00 bits per heavy atom. The van der Waals surface area contributed by atoms with E-state index in [4.69, 9.17) is 10.5 Å². The molecule has 0 bridgehead atoms. The number of carbonyl (C=O) groups excluding carboxylic acids is 1. The fourth-order valence-electron chi connectivity index (χ4n) is 2.38. The van der Waals surface area contributed by atoms with E-state index >= 15 is 0 Å². The summed E-state index contributed by atoms with van der Waals surface area (Å²) in [4.78, 5) is 13.0. The first-order valence-corrected chi connectivity index (χ1v) is 6.50. The van der Waals surface area contributed by atoms with Crippen LogP contribution >= 0.6 is 0 Å². The highest BCUT2D eigenvalue weighted by molar-refractivity contribution is 5.75. The molecule has 0 unspecified atom stereocenters. The van der Waals surface area contributed by atoms with E-state index in [1.807, 2.05) is 11.0 Å². The molecule has 1 aliphatic rings. The summed E-state index contributed by atoms with van der Waals surface area (Å²) in [6.07, 6.45) is 2.20. The van der Waals surface area contributed by atoms with Gasteiger partial charge in [0.05, 0.1) is 12.6 Å². The number of nitrogens with two attached hydrogens (primary N) is 1. The predicted octanol–water partition coefficient (Wildman–Crippen LogP) is 1.29. The molecule has 19 heavy (non-hydrogen) atoms. The monoisotopic (exact) mass is 266 g/mol. The number of ether oxygens (including phenoxy) is 1. The van der Waals surface area contributed by atoms with Gasteiger partial charge in [0.15, 0.2) is 0 Å². The summed E-state index contributed by atoms with van der Waals surface area (Å²) in [6, 6.07) is 6.39. The maximum Gasteiger partial charge on any atom is 0.231 e. The normalized spacial score (nSPS) is 18.9. The number of benzene rings is 1. The quantitative estimate of drug-likeness (QED) is 0.844. The molecule has 0 saturated carbocycles. The van der Waals surface area contributed by atoms with E-state index < -0.39 is 0 Å². The van der Waals surface area contributed by atoms with Gasteiger partial charge in [0, 0.05) is 19.7 Å². The zero-order chi connectivity index (χ0) is 13.7. The van der Waals surface area contributed by atoms with Gasteiger partial charge in [0.25, 0.3) is 0 Å². The lowest BCUT2D eigenvalue weighted by Gasteiger charge is -2.23. The van der Waals surface area contributed by atoms with E-state index in [0.29, 0.717) is 13.1 Å². The number of rotatable bonds is 6. The summed E-state index contributed by atoms with van der Waals surface area (Å²) in [7, 11) is 0. The molecule has 1 fully saturated rings. The molecule has 0 aliphatic carbocycles. The lowest BCUT2D eigenvalue weighted by molar-refractivity contribution is -0.119. The Morgan fingerprint density at radius 2 is 2.37 bits per heavy atom. The van der Waals surface area contributed by atoms with Crippen molar-refractivity contribution >= 4 is 5.91 Å². The maximum absolute atomic E-state index is 13.2. The van der Waals surface area contributed by atoms with Crippen LogP contribution < -0.4 is 5.73 Å². The maximum atomic E-state index is 13.2. The summed E-state index contributed by atoms with van der Waals surface area (Å²) in [5, 5.41) is 0. The third kappa shape index (κ3) is 4.61. The Kier molecular flexibility index (Phi) is 4.87. The average Bonchev–Trinajstić information content (AvgIpc) is 2.80. The minimum absolute atomic E-state index is 0.146. The molecule has 0 aromatic heterocycles. The number of hydrogen-bond donors (Lipinski definition) is 1. The first-order chi connectivity index (χ1) is 9.13. The van der Waals surface area contributed by atoms with Crippen LogP contribution in [0.1, 0.15) is 18.4 Å². The smallest absolute Gasteiger partial charge is 0.231 e. The molecule has 2 rings (SSSR count). The van der Waals surface area contributed by atoms with Gasteiger partial charge in [-0.25, -0.2) is 4.39 Å². The minimum Gasteiger partial charge on any atom is -0.377 e. The number of nitrogens with zero attached hydrogens (tertiary/aromatic N) is 1. The van der Waals surface area contributed by atoms with E-state index in [0.717, 1.165) is 25.0 Å². The van der Waals surface area contributed by atoms with Crippen molar-refractivity contribution in [2.24, 2.45) is 5.73 Å². The molecule has 0 spiro atoms. The van der Waals surface area contributed by atoms with Crippen LogP contribution in [0, 0.1) is 5.82 Å². The van der Waals surface area contributed by atoms with E-state index in [-0.39, 0.29) is 24.4 Å². The van der Waals surface area contributed by atoms with Crippen LogP contribution in [0.15, 0.2) is 24.3 Å². The molecule has 5 heteroatoms. The van der Waals surface area contributed by atoms with Gasteiger partial charge in [-0.2, -0.15) is 0 Å². The molecule has 4 nitrogen and oxygen atoms in total. The molecule has 2 N–H and O–H groups in total. The Hall–Kier alpha value is -1.46. The highest BCUT2D eigenvalue weighted by Gasteiger charge is 2.20. The fourth-order valence-corrected chi connectivity index (χ4v) is 2.38. The van der Waals surface area contributed by atoms with Gasteiger partial charge in [-0.1, -0.05) is 12.1 Å². The van der Waals surface area contributed by atoms with Crippen molar-refractivity contribution in [3.8, 4) is 0 Å². The predicted molar refractivity (Wildman–Crippen MR) is 69.8 cm³/mol. The highest BCUT2D eigenvalue weighted by Crippen LogP contribution is 2.15. The van der Waals surface area contributed by atoms with Crippen LogP contribution in [-0.2, 0) is 16.1 Å². The lowest BCUT2D eigenvalue weighted by Crippen LogP contribution is -2.38. The second kappa shape index (κ2) is 6.63. The molecule has 1 aromatic carbocycles. The van der Waals surface area contributed by atoms with Crippen LogP contribution in [0.3, 0.4) is 0 Å². The summed E-state index contributed by atoms with van der Waals surface area (Å²) in [5.41, 5.74) is 6.09. The van der Waals surface area contributed by atoms with Crippen molar-refractivity contribution in [2.75, 3.05) is 19.7 Å². The number of amides is 1. The van der Waals surface area contributed by atoms with E-state index in [2.05, 4.69) is 0 Å². The third-order valence-electron chi connectivity index (χ3n) is 3.16. The number of halogens is 1. The molecule has 1 amide bonds. The lowest BCUT2D eigenvalue weighted by atomic mass is 10.1. The van der Waals surface area contributed by atoms with Gasteiger partial charge >= 0.3 is 0 Å². The van der Waals surface area contributed by atoms with Crippen LogP contribution in [0.4, 0.5) is 4.39 Å². The first-order valence-electron chi connectivity index (χ1n) is 6.50. The second-order valence-electron chi connectivity index (χ2n) is 4.90. The zero-order valence-corrected chi connectivity index (χ0v) is 10.8. The van der Waals surface area contributed by atoms with Gasteiger partial charge in [-0.3, -0.25) is 9.69 Å². The summed E-state index contributed by atoms with van der Waals surface area (Å²) in [5.74, 6) is -0.650.